The summed E-state index contributed by atoms with van der Waals surface area (Å²) in [6, 6.07) is 21.0. The van der Waals surface area contributed by atoms with E-state index in [2.05, 4.69) is 5.32 Å². The summed E-state index contributed by atoms with van der Waals surface area (Å²) in [5.41, 5.74) is 1.98. The number of carbonyl (C=O) groups excluding carboxylic acids is 2. The van der Waals surface area contributed by atoms with E-state index < -0.39 is 21.9 Å². The van der Waals surface area contributed by atoms with Crippen molar-refractivity contribution in [1.82, 2.24) is 10.2 Å². The Labute approximate surface area is 247 Å². The molecule has 41 heavy (non-hydrogen) atoms. The van der Waals surface area contributed by atoms with Gasteiger partial charge in [-0.05, 0) is 59.9 Å². The number of rotatable bonds is 14. The van der Waals surface area contributed by atoms with Crippen molar-refractivity contribution in [1.29, 1.82) is 0 Å². The quantitative estimate of drug-likeness (QED) is 0.267. The van der Waals surface area contributed by atoms with Crippen molar-refractivity contribution in [3.8, 4) is 0 Å². The second-order valence-electron chi connectivity index (χ2n) is 10.4. The maximum Gasteiger partial charge on any atom is 0.243 e. The lowest BCUT2D eigenvalue weighted by molar-refractivity contribution is -0.141. The molecule has 0 heterocycles. The van der Waals surface area contributed by atoms with Crippen LogP contribution in [0.15, 0.2) is 78.9 Å². The second-order valence-corrected chi connectivity index (χ2v) is 12.8. The van der Waals surface area contributed by atoms with E-state index in [1.807, 2.05) is 50.2 Å². The Bertz CT molecular complexity index is 1400. The monoisotopic (exact) mass is 601 g/mol. The molecule has 0 radical (unpaired) electrons. The Morgan fingerprint density at radius 2 is 1.61 bits per heavy atom. The van der Waals surface area contributed by atoms with Gasteiger partial charge in [-0.3, -0.25) is 13.9 Å². The fourth-order valence-electron chi connectivity index (χ4n) is 4.42. The van der Waals surface area contributed by atoms with Crippen molar-refractivity contribution in [2.24, 2.45) is 5.92 Å². The minimum atomic E-state index is -3.68. The first-order chi connectivity index (χ1) is 19.4. The largest absolute Gasteiger partial charge is 0.354 e. The van der Waals surface area contributed by atoms with Crippen LogP contribution < -0.4 is 9.62 Å². The zero-order valence-corrected chi connectivity index (χ0v) is 25.2. The molecule has 0 unspecified atom stereocenters. The van der Waals surface area contributed by atoms with E-state index >= 15 is 0 Å². The van der Waals surface area contributed by atoms with Gasteiger partial charge in [0.05, 0.1) is 11.9 Å². The number of carbonyl (C=O) groups is 2. The number of nitrogens with one attached hydrogen (secondary N) is 1. The molecule has 3 aromatic rings. The molecule has 0 fully saturated rings. The summed E-state index contributed by atoms with van der Waals surface area (Å²) in [6.45, 7) is 4.63. The van der Waals surface area contributed by atoms with E-state index in [-0.39, 0.29) is 43.7 Å². The number of nitrogens with zero attached hydrogens (tertiary/aromatic N) is 2. The number of benzene rings is 3. The fourth-order valence-corrected chi connectivity index (χ4v) is 5.60. The van der Waals surface area contributed by atoms with Crippen LogP contribution >= 0.6 is 11.6 Å². The van der Waals surface area contributed by atoms with E-state index in [0.717, 1.165) is 21.7 Å². The Balaban J connectivity index is 1.87. The highest BCUT2D eigenvalue weighted by atomic mass is 35.5. The first-order valence-electron chi connectivity index (χ1n) is 13.5. The van der Waals surface area contributed by atoms with Crippen LogP contribution in [0.5, 0.6) is 0 Å². The van der Waals surface area contributed by atoms with E-state index in [0.29, 0.717) is 23.7 Å². The average molecular weight is 602 g/mol. The zero-order chi connectivity index (χ0) is 30.0. The SMILES string of the molecule is CC(C)CNC(=O)[C@@H](Cc1ccccc1)N(Cc1cccc(Cl)c1)C(=O)CCCN(c1ccc(F)cc1)S(C)(=O)=O. The normalized spacial score (nSPS) is 12.1. The maximum atomic E-state index is 13.8. The van der Waals surface area contributed by atoms with E-state index in [4.69, 9.17) is 11.6 Å². The Morgan fingerprint density at radius 3 is 2.22 bits per heavy atom. The molecule has 0 aliphatic heterocycles. The standard InChI is InChI=1S/C31H37ClFN3O4S/c1-23(2)21-34-31(38)29(20-24-9-5-4-6-10-24)35(22-25-11-7-12-26(32)19-25)30(37)13-8-18-36(41(3,39)40)28-16-14-27(33)15-17-28/h4-7,9-12,14-17,19,23,29H,8,13,18,20-22H2,1-3H3,(H,34,38)/t29-/m1/s1. The molecule has 7 nitrogen and oxygen atoms in total. The van der Waals surface area contributed by atoms with Crippen LogP contribution in [0, 0.1) is 11.7 Å². The summed E-state index contributed by atoms with van der Waals surface area (Å²) in [5.74, 6) is -0.809. The molecule has 0 aliphatic rings. The molecular weight excluding hydrogens is 565 g/mol. The van der Waals surface area contributed by atoms with E-state index in [1.54, 1.807) is 23.1 Å². The van der Waals surface area contributed by atoms with Gasteiger partial charge in [0.15, 0.2) is 0 Å². The zero-order valence-electron chi connectivity index (χ0n) is 23.6. The van der Waals surface area contributed by atoms with Gasteiger partial charge in [0.1, 0.15) is 11.9 Å². The van der Waals surface area contributed by atoms with Gasteiger partial charge in [0, 0.05) is 37.5 Å². The van der Waals surface area contributed by atoms with Crippen LogP contribution in [0.4, 0.5) is 10.1 Å². The van der Waals surface area contributed by atoms with Crippen LogP contribution in [-0.2, 0) is 32.6 Å². The summed E-state index contributed by atoms with van der Waals surface area (Å²) in [7, 11) is -3.68. The van der Waals surface area contributed by atoms with E-state index in [9.17, 15) is 22.4 Å². The molecule has 3 rings (SSSR count). The molecule has 0 aromatic heterocycles. The third kappa shape index (κ3) is 10.2. The molecule has 3 aromatic carbocycles. The third-order valence-corrected chi connectivity index (χ3v) is 7.89. The summed E-state index contributed by atoms with van der Waals surface area (Å²) in [6.07, 6.45) is 1.57. The van der Waals surface area contributed by atoms with Crippen LogP contribution in [-0.4, -0.2) is 50.5 Å². The molecule has 0 bridgehead atoms. The molecule has 0 aliphatic carbocycles. The van der Waals surface area contributed by atoms with E-state index in [1.165, 1.54) is 24.3 Å². The highest BCUT2D eigenvalue weighted by molar-refractivity contribution is 7.92. The molecule has 0 spiro atoms. The number of anilines is 1. The third-order valence-electron chi connectivity index (χ3n) is 6.46. The summed E-state index contributed by atoms with van der Waals surface area (Å²) in [4.78, 5) is 28.9. The summed E-state index contributed by atoms with van der Waals surface area (Å²) >= 11 is 6.22. The molecule has 1 N–H and O–H groups in total. The Morgan fingerprint density at radius 1 is 0.951 bits per heavy atom. The van der Waals surface area contributed by atoms with Crippen molar-refractivity contribution in [3.63, 3.8) is 0 Å². The lowest BCUT2D eigenvalue weighted by Gasteiger charge is -2.32. The van der Waals surface area contributed by atoms with Gasteiger partial charge < -0.3 is 10.2 Å². The smallest absolute Gasteiger partial charge is 0.243 e. The number of hydrogen-bond acceptors (Lipinski definition) is 4. The van der Waals surface area contributed by atoms with Crippen molar-refractivity contribution in [2.75, 3.05) is 23.7 Å². The highest BCUT2D eigenvalue weighted by Gasteiger charge is 2.30. The van der Waals surface area contributed by atoms with Crippen LogP contribution in [0.2, 0.25) is 5.02 Å². The molecule has 1 atom stereocenters. The van der Waals surface area contributed by atoms with Crippen molar-refractivity contribution in [3.05, 3.63) is 101 Å². The van der Waals surface area contributed by atoms with Gasteiger partial charge in [-0.2, -0.15) is 0 Å². The van der Waals surface area contributed by atoms with Crippen LogP contribution in [0.1, 0.15) is 37.8 Å². The second kappa shape index (κ2) is 15.0. The number of halogens is 2. The average Bonchev–Trinajstić information content (AvgIpc) is 2.92. The maximum absolute atomic E-state index is 13.8. The number of hydrogen-bond donors (Lipinski definition) is 1. The highest BCUT2D eigenvalue weighted by Crippen LogP contribution is 2.21. The predicted octanol–water partition coefficient (Wildman–Crippen LogP) is 5.44. The molecule has 0 saturated heterocycles. The fraction of sp³-hybridized carbons (Fsp3) is 0.355. The molecular formula is C31H37ClFN3O4S. The predicted molar refractivity (Wildman–Crippen MR) is 162 cm³/mol. The summed E-state index contributed by atoms with van der Waals surface area (Å²) in [5, 5.41) is 3.49. The lowest BCUT2D eigenvalue weighted by Crippen LogP contribution is -2.51. The molecule has 0 saturated carbocycles. The van der Waals surface area contributed by atoms with Gasteiger partial charge in [0.2, 0.25) is 21.8 Å². The molecule has 10 heteroatoms. The first-order valence-corrected chi connectivity index (χ1v) is 15.8. The van der Waals surface area contributed by atoms with Crippen molar-refractivity contribution >= 4 is 39.1 Å². The minimum Gasteiger partial charge on any atom is -0.354 e. The Hall–Kier alpha value is -3.43. The number of sulfonamides is 1. The van der Waals surface area contributed by atoms with Crippen molar-refractivity contribution in [2.45, 2.75) is 45.7 Å². The minimum absolute atomic E-state index is 0.00344. The van der Waals surface area contributed by atoms with Crippen molar-refractivity contribution < 1.29 is 22.4 Å². The summed E-state index contributed by atoms with van der Waals surface area (Å²) < 4.78 is 39.6. The number of amides is 2. The topological polar surface area (TPSA) is 86.8 Å². The van der Waals surface area contributed by atoms with Gasteiger partial charge in [0.25, 0.3) is 0 Å². The van der Waals surface area contributed by atoms with Crippen LogP contribution in [0.25, 0.3) is 0 Å². The molecule has 2 amide bonds. The lowest BCUT2D eigenvalue weighted by atomic mass is 10.0. The van der Waals surface area contributed by atoms with Gasteiger partial charge >= 0.3 is 0 Å². The molecule has 220 valence electrons. The van der Waals surface area contributed by atoms with Gasteiger partial charge in [-0.1, -0.05) is 67.9 Å². The van der Waals surface area contributed by atoms with Gasteiger partial charge in [-0.15, -0.1) is 0 Å². The first kappa shape index (κ1) is 32.1. The Kier molecular flexibility index (Phi) is 11.7. The van der Waals surface area contributed by atoms with Gasteiger partial charge in [-0.25, -0.2) is 12.8 Å². The van der Waals surface area contributed by atoms with Crippen LogP contribution in [0.3, 0.4) is 0 Å².